The molecule has 0 saturated carbocycles. The number of methoxy groups -OCH3 is 1. The van der Waals surface area contributed by atoms with Crippen LogP contribution in [0.4, 0.5) is 0 Å². The summed E-state index contributed by atoms with van der Waals surface area (Å²) in [6.07, 6.45) is 0.774. The Balaban J connectivity index is 2.89. The van der Waals surface area contributed by atoms with Crippen molar-refractivity contribution in [3.8, 4) is 0 Å². The molecule has 2 N–H and O–H groups in total. The van der Waals surface area contributed by atoms with E-state index in [0.29, 0.717) is 36.6 Å². The Hall–Kier alpha value is -1.93. The monoisotopic (exact) mass is 295 g/mol. The Morgan fingerprint density at radius 2 is 1.95 bits per heavy atom. The summed E-state index contributed by atoms with van der Waals surface area (Å²) in [4.78, 5) is 29.1. The minimum Gasteiger partial charge on any atom is -0.377 e. The number of ether oxygens (including phenoxy) is 1. The first kappa shape index (κ1) is 15.5. The van der Waals surface area contributed by atoms with E-state index in [1.54, 1.807) is 11.7 Å². The van der Waals surface area contributed by atoms with Crippen LogP contribution in [0.5, 0.6) is 0 Å². The van der Waals surface area contributed by atoms with Crippen molar-refractivity contribution in [3.05, 3.63) is 26.7 Å². The summed E-state index contributed by atoms with van der Waals surface area (Å²) in [5.74, 6) is 0.602. The first-order chi connectivity index (χ1) is 10.1. The normalized spacial score (nSPS) is 11.4. The molecule has 0 aromatic carbocycles. The molecule has 0 aliphatic heterocycles. The molecule has 2 heterocycles. The smallest absolute Gasteiger partial charge is 0.332 e. The van der Waals surface area contributed by atoms with Gasteiger partial charge in [-0.1, -0.05) is 6.92 Å². The maximum Gasteiger partial charge on any atom is 0.332 e. The average Bonchev–Trinajstić information content (AvgIpc) is 2.81. The first-order valence-corrected chi connectivity index (χ1v) is 6.94. The van der Waals surface area contributed by atoms with E-state index in [4.69, 9.17) is 10.5 Å². The van der Waals surface area contributed by atoms with Crippen molar-refractivity contribution in [2.24, 2.45) is 12.8 Å². The van der Waals surface area contributed by atoms with Crippen molar-refractivity contribution in [2.45, 2.75) is 33.0 Å². The number of nitrogens with zero attached hydrogens (tertiary/aromatic N) is 4. The Kier molecular flexibility index (Phi) is 4.59. The molecule has 2 rings (SSSR count). The van der Waals surface area contributed by atoms with Crippen molar-refractivity contribution in [3.63, 3.8) is 0 Å². The van der Waals surface area contributed by atoms with E-state index < -0.39 is 0 Å². The lowest BCUT2D eigenvalue weighted by Gasteiger charge is -2.09. The molecule has 0 aliphatic rings. The molecule has 0 saturated heterocycles. The summed E-state index contributed by atoms with van der Waals surface area (Å²) in [5, 5.41) is 0. The Labute approximate surface area is 121 Å². The standard InChI is InChI=1S/C13H21N5O3/c1-4-6-18-11-10(12(19)16(2)13(18)20)17(7-5-14)9(15-11)8-21-3/h4-8,14H2,1-3H3. The molecule has 2 aromatic rings. The van der Waals surface area contributed by atoms with Gasteiger partial charge in [0.05, 0.1) is 0 Å². The lowest BCUT2D eigenvalue weighted by molar-refractivity contribution is 0.174. The zero-order valence-electron chi connectivity index (χ0n) is 12.6. The minimum absolute atomic E-state index is 0.262. The van der Waals surface area contributed by atoms with Crippen molar-refractivity contribution < 1.29 is 4.74 Å². The summed E-state index contributed by atoms with van der Waals surface area (Å²) in [6, 6.07) is 0. The van der Waals surface area contributed by atoms with Gasteiger partial charge < -0.3 is 15.0 Å². The van der Waals surface area contributed by atoms with Gasteiger partial charge in [-0.05, 0) is 6.42 Å². The van der Waals surface area contributed by atoms with E-state index in [2.05, 4.69) is 4.98 Å². The van der Waals surface area contributed by atoms with Gasteiger partial charge in [0, 0.05) is 33.8 Å². The van der Waals surface area contributed by atoms with Crippen molar-refractivity contribution >= 4 is 11.2 Å². The number of hydrogen-bond donors (Lipinski definition) is 1. The van der Waals surface area contributed by atoms with Crippen LogP contribution in [0, 0.1) is 0 Å². The molecule has 2 aromatic heterocycles. The number of aromatic nitrogens is 4. The predicted octanol–water partition coefficient (Wildman–Crippen LogP) is -0.588. The molecular weight excluding hydrogens is 274 g/mol. The third-order valence-corrected chi connectivity index (χ3v) is 3.38. The second-order valence-electron chi connectivity index (χ2n) is 4.87. The lowest BCUT2D eigenvalue weighted by atomic mass is 10.4. The van der Waals surface area contributed by atoms with Crippen LogP contribution in [0.15, 0.2) is 9.59 Å². The summed E-state index contributed by atoms with van der Waals surface area (Å²) in [7, 11) is 3.04. The highest BCUT2D eigenvalue weighted by Crippen LogP contribution is 2.12. The van der Waals surface area contributed by atoms with Gasteiger partial charge in [-0.2, -0.15) is 0 Å². The maximum absolute atomic E-state index is 12.4. The van der Waals surface area contributed by atoms with Crippen LogP contribution in [-0.2, 0) is 31.5 Å². The Morgan fingerprint density at radius 3 is 2.52 bits per heavy atom. The Morgan fingerprint density at radius 1 is 1.24 bits per heavy atom. The molecule has 8 heteroatoms. The third kappa shape index (κ3) is 2.52. The van der Waals surface area contributed by atoms with E-state index in [9.17, 15) is 9.59 Å². The van der Waals surface area contributed by atoms with Crippen molar-refractivity contribution in [1.29, 1.82) is 0 Å². The maximum atomic E-state index is 12.4. The summed E-state index contributed by atoms with van der Waals surface area (Å²) in [5.41, 5.74) is 5.73. The zero-order chi connectivity index (χ0) is 15.6. The highest BCUT2D eigenvalue weighted by atomic mass is 16.5. The molecule has 0 unspecified atom stereocenters. The summed E-state index contributed by atoms with van der Waals surface area (Å²) < 4.78 is 9.51. The summed E-state index contributed by atoms with van der Waals surface area (Å²) >= 11 is 0. The number of imidazole rings is 1. The largest absolute Gasteiger partial charge is 0.377 e. The van der Waals surface area contributed by atoms with E-state index in [1.165, 1.54) is 11.6 Å². The van der Waals surface area contributed by atoms with E-state index in [1.807, 2.05) is 6.92 Å². The van der Waals surface area contributed by atoms with Gasteiger partial charge in [-0.3, -0.25) is 13.9 Å². The van der Waals surface area contributed by atoms with E-state index in [-0.39, 0.29) is 17.9 Å². The van der Waals surface area contributed by atoms with Gasteiger partial charge in [0.15, 0.2) is 11.2 Å². The summed E-state index contributed by atoms with van der Waals surface area (Å²) in [6.45, 7) is 3.57. The van der Waals surface area contributed by atoms with Crippen LogP contribution in [0.2, 0.25) is 0 Å². The molecular formula is C13H21N5O3. The zero-order valence-corrected chi connectivity index (χ0v) is 12.6. The number of rotatable bonds is 6. The topological polar surface area (TPSA) is 97.1 Å². The van der Waals surface area contributed by atoms with Gasteiger partial charge in [0.25, 0.3) is 5.56 Å². The molecule has 0 spiro atoms. The van der Waals surface area contributed by atoms with Crippen LogP contribution in [-0.4, -0.2) is 32.3 Å². The van der Waals surface area contributed by atoms with Gasteiger partial charge >= 0.3 is 5.69 Å². The molecule has 0 amide bonds. The van der Waals surface area contributed by atoms with Gasteiger partial charge in [0.1, 0.15) is 12.4 Å². The van der Waals surface area contributed by atoms with Crippen LogP contribution in [0.1, 0.15) is 19.2 Å². The van der Waals surface area contributed by atoms with Crippen LogP contribution in [0.25, 0.3) is 11.2 Å². The quantitative estimate of drug-likeness (QED) is 0.768. The fourth-order valence-corrected chi connectivity index (χ4v) is 2.44. The van der Waals surface area contributed by atoms with Gasteiger partial charge in [-0.15, -0.1) is 0 Å². The van der Waals surface area contributed by atoms with Crippen LogP contribution >= 0.6 is 0 Å². The van der Waals surface area contributed by atoms with E-state index in [0.717, 1.165) is 11.0 Å². The minimum atomic E-state index is -0.356. The van der Waals surface area contributed by atoms with Gasteiger partial charge in [-0.25, -0.2) is 9.78 Å². The molecule has 8 nitrogen and oxygen atoms in total. The first-order valence-electron chi connectivity index (χ1n) is 6.94. The molecule has 0 fully saturated rings. The molecule has 21 heavy (non-hydrogen) atoms. The fraction of sp³-hybridized carbons (Fsp3) is 0.615. The highest BCUT2D eigenvalue weighted by molar-refractivity contribution is 5.71. The average molecular weight is 295 g/mol. The number of fused-ring (bicyclic) bond motifs is 1. The second-order valence-corrected chi connectivity index (χ2v) is 4.87. The molecule has 0 aliphatic carbocycles. The van der Waals surface area contributed by atoms with Crippen molar-refractivity contribution in [1.82, 2.24) is 18.7 Å². The number of hydrogen-bond acceptors (Lipinski definition) is 5. The van der Waals surface area contributed by atoms with E-state index >= 15 is 0 Å². The molecule has 0 atom stereocenters. The number of nitrogens with two attached hydrogens (primary N) is 1. The van der Waals surface area contributed by atoms with Crippen molar-refractivity contribution in [2.75, 3.05) is 13.7 Å². The fourth-order valence-electron chi connectivity index (χ4n) is 2.44. The molecule has 0 bridgehead atoms. The molecule has 0 radical (unpaired) electrons. The number of aryl methyl sites for hydroxylation is 1. The predicted molar refractivity (Wildman–Crippen MR) is 79.3 cm³/mol. The van der Waals surface area contributed by atoms with Crippen LogP contribution in [0.3, 0.4) is 0 Å². The van der Waals surface area contributed by atoms with Crippen LogP contribution < -0.4 is 17.0 Å². The SMILES string of the molecule is CCCn1c(=O)n(C)c(=O)c2c1nc(COC)n2CCN. The Bertz CT molecular complexity index is 756. The second kappa shape index (κ2) is 6.23. The third-order valence-electron chi connectivity index (χ3n) is 3.38. The molecule has 116 valence electrons. The van der Waals surface area contributed by atoms with Gasteiger partial charge in [0.2, 0.25) is 0 Å². The lowest BCUT2D eigenvalue weighted by Crippen LogP contribution is -2.39. The highest BCUT2D eigenvalue weighted by Gasteiger charge is 2.19.